The minimum Gasteiger partial charge on any atom is -0.361 e. The van der Waals surface area contributed by atoms with Gasteiger partial charge in [0, 0.05) is 31.4 Å². The van der Waals surface area contributed by atoms with Crippen LogP contribution in [0, 0.1) is 27.7 Å². The minimum absolute atomic E-state index is 0.0987. The zero-order valence-electron chi connectivity index (χ0n) is 14.5. The molecule has 0 radical (unpaired) electrons. The zero-order chi connectivity index (χ0) is 17.0. The van der Waals surface area contributed by atoms with Gasteiger partial charge in [-0.1, -0.05) is 5.16 Å². The molecule has 2 heterocycles. The van der Waals surface area contributed by atoms with Crippen LogP contribution in [0.15, 0.2) is 10.6 Å². The van der Waals surface area contributed by atoms with Gasteiger partial charge in [-0.15, -0.1) is 0 Å². The summed E-state index contributed by atoms with van der Waals surface area (Å²) in [6.45, 7) is 9.66. The number of aromatic nitrogens is 3. The molecule has 0 aliphatic heterocycles. The highest BCUT2D eigenvalue weighted by Gasteiger charge is 2.15. The first-order valence-corrected chi connectivity index (χ1v) is 7.80. The highest BCUT2D eigenvalue weighted by Crippen LogP contribution is 2.14. The molecule has 23 heavy (non-hydrogen) atoms. The molecule has 2 aromatic heterocycles. The number of hydrogen-bond acceptors (Lipinski definition) is 4. The summed E-state index contributed by atoms with van der Waals surface area (Å²) in [6, 6.07) is 1.95. The molecule has 0 bridgehead atoms. The molecule has 0 saturated carbocycles. The quantitative estimate of drug-likeness (QED) is 0.829. The standard InChI is InChI=1S/C16H25N5O2/c1-11-9-12(2)21(18-11)8-6-7-17-16(22)20(5)10-15-13(3)19-23-14(15)4/h9H,6-8,10H2,1-5H3,(H,17,22). The van der Waals surface area contributed by atoms with Gasteiger partial charge < -0.3 is 14.7 Å². The number of rotatable bonds is 6. The van der Waals surface area contributed by atoms with E-state index in [2.05, 4.69) is 21.6 Å². The monoisotopic (exact) mass is 319 g/mol. The van der Waals surface area contributed by atoms with Gasteiger partial charge in [-0.2, -0.15) is 5.10 Å². The minimum atomic E-state index is -0.0987. The molecule has 2 aromatic rings. The number of nitrogens with zero attached hydrogens (tertiary/aromatic N) is 4. The van der Waals surface area contributed by atoms with Gasteiger partial charge in [0.05, 0.1) is 17.9 Å². The number of aryl methyl sites for hydroxylation is 5. The molecule has 0 aliphatic rings. The van der Waals surface area contributed by atoms with Crippen LogP contribution in [0.1, 0.15) is 34.8 Å². The third-order valence-corrected chi connectivity index (χ3v) is 3.85. The Labute approximate surface area is 136 Å². The second-order valence-corrected chi connectivity index (χ2v) is 5.89. The van der Waals surface area contributed by atoms with Crippen molar-refractivity contribution in [3.63, 3.8) is 0 Å². The van der Waals surface area contributed by atoms with Crippen LogP contribution >= 0.6 is 0 Å². The van der Waals surface area contributed by atoms with Crippen molar-refractivity contribution in [1.29, 1.82) is 0 Å². The van der Waals surface area contributed by atoms with E-state index in [4.69, 9.17) is 4.52 Å². The van der Waals surface area contributed by atoms with Gasteiger partial charge in [0.2, 0.25) is 0 Å². The van der Waals surface area contributed by atoms with E-state index in [0.717, 1.165) is 41.4 Å². The van der Waals surface area contributed by atoms with E-state index in [1.165, 1.54) is 0 Å². The fourth-order valence-electron chi connectivity index (χ4n) is 2.50. The summed E-state index contributed by atoms with van der Waals surface area (Å²) < 4.78 is 7.09. The van der Waals surface area contributed by atoms with Crippen LogP contribution in [-0.2, 0) is 13.1 Å². The Kier molecular flexibility index (Phi) is 5.41. The maximum atomic E-state index is 12.1. The van der Waals surface area contributed by atoms with Crippen molar-refractivity contribution >= 4 is 6.03 Å². The van der Waals surface area contributed by atoms with Crippen molar-refractivity contribution in [1.82, 2.24) is 25.2 Å². The highest BCUT2D eigenvalue weighted by atomic mass is 16.5. The molecule has 0 spiro atoms. The number of amides is 2. The summed E-state index contributed by atoms with van der Waals surface area (Å²) >= 11 is 0. The topological polar surface area (TPSA) is 76.2 Å². The number of hydrogen-bond donors (Lipinski definition) is 1. The van der Waals surface area contributed by atoms with Crippen molar-refractivity contribution in [3.05, 3.63) is 34.5 Å². The molecular formula is C16H25N5O2. The Morgan fingerprint density at radius 3 is 2.65 bits per heavy atom. The summed E-state index contributed by atoms with van der Waals surface area (Å²) in [5.41, 5.74) is 3.95. The predicted octanol–water partition coefficient (Wildman–Crippen LogP) is 2.34. The van der Waals surface area contributed by atoms with E-state index in [9.17, 15) is 4.79 Å². The van der Waals surface area contributed by atoms with Gasteiger partial charge in [-0.05, 0) is 40.2 Å². The number of urea groups is 1. The van der Waals surface area contributed by atoms with Crippen LogP contribution in [0.25, 0.3) is 0 Å². The SMILES string of the molecule is Cc1cc(C)n(CCCNC(=O)N(C)Cc2c(C)noc2C)n1. The first kappa shape index (κ1) is 17.1. The Morgan fingerprint density at radius 2 is 2.09 bits per heavy atom. The highest BCUT2D eigenvalue weighted by molar-refractivity contribution is 5.73. The molecule has 0 fully saturated rings. The lowest BCUT2D eigenvalue weighted by Crippen LogP contribution is -2.37. The number of nitrogens with one attached hydrogen (secondary N) is 1. The first-order valence-electron chi connectivity index (χ1n) is 7.80. The molecule has 0 atom stereocenters. The van der Waals surface area contributed by atoms with Gasteiger partial charge in [0.1, 0.15) is 5.76 Å². The molecule has 0 saturated heterocycles. The predicted molar refractivity (Wildman–Crippen MR) is 87.2 cm³/mol. The second-order valence-electron chi connectivity index (χ2n) is 5.89. The van der Waals surface area contributed by atoms with E-state index in [1.807, 2.05) is 32.4 Å². The molecule has 7 heteroatoms. The van der Waals surface area contributed by atoms with Crippen molar-refractivity contribution in [3.8, 4) is 0 Å². The van der Waals surface area contributed by atoms with Crippen molar-refractivity contribution in [2.75, 3.05) is 13.6 Å². The third-order valence-electron chi connectivity index (χ3n) is 3.85. The molecule has 1 N–H and O–H groups in total. The summed E-state index contributed by atoms with van der Waals surface area (Å²) in [7, 11) is 1.77. The molecule has 2 amide bonds. The normalized spacial score (nSPS) is 10.8. The van der Waals surface area contributed by atoms with Crippen LogP contribution in [-0.4, -0.2) is 39.5 Å². The zero-order valence-corrected chi connectivity index (χ0v) is 14.5. The summed E-state index contributed by atoms with van der Waals surface area (Å²) in [5, 5.41) is 11.2. The van der Waals surface area contributed by atoms with E-state index < -0.39 is 0 Å². The van der Waals surface area contributed by atoms with Gasteiger partial charge in [0.15, 0.2) is 0 Å². The molecule has 7 nitrogen and oxygen atoms in total. The van der Waals surface area contributed by atoms with Crippen molar-refractivity contribution in [2.45, 2.75) is 47.2 Å². The Hall–Kier alpha value is -2.31. The van der Waals surface area contributed by atoms with E-state index in [0.29, 0.717) is 13.1 Å². The lowest BCUT2D eigenvalue weighted by atomic mass is 10.2. The molecule has 0 aromatic carbocycles. The smallest absolute Gasteiger partial charge is 0.317 e. The number of carbonyl (C=O) groups is 1. The van der Waals surface area contributed by atoms with Gasteiger partial charge in [-0.3, -0.25) is 4.68 Å². The second kappa shape index (κ2) is 7.30. The third kappa shape index (κ3) is 4.34. The van der Waals surface area contributed by atoms with Crippen LogP contribution in [0.5, 0.6) is 0 Å². The maximum absolute atomic E-state index is 12.1. The first-order chi connectivity index (χ1) is 10.9. The van der Waals surface area contributed by atoms with Gasteiger partial charge in [-0.25, -0.2) is 4.79 Å². The van der Waals surface area contributed by atoms with Crippen LogP contribution in [0.3, 0.4) is 0 Å². The molecule has 2 rings (SSSR count). The summed E-state index contributed by atoms with van der Waals surface area (Å²) in [4.78, 5) is 13.8. The molecule has 126 valence electrons. The van der Waals surface area contributed by atoms with Gasteiger partial charge >= 0.3 is 6.03 Å². The summed E-state index contributed by atoms with van der Waals surface area (Å²) in [6.07, 6.45) is 0.840. The molecular weight excluding hydrogens is 294 g/mol. The average molecular weight is 319 g/mol. The molecule has 0 aliphatic carbocycles. The summed E-state index contributed by atoms with van der Waals surface area (Å²) in [5.74, 6) is 0.756. The van der Waals surface area contributed by atoms with Crippen molar-refractivity contribution < 1.29 is 9.32 Å². The van der Waals surface area contributed by atoms with Crippen LogP contribution < -0.4 is 5.32 Å². The number of carbonyl (C=O) groups excluding carboxylic acids is 1. The van der Waals surface area contributed by atoms with Crippen LogP contribution in [0.4, 0.5) is 4.79 Å². The Bertz CT molecular complexity index is 655. The molecule has 0 unspecified atom stereocenters. The Balaban J connectivity index is 1.75. The maximum Gasteiger partial charge on any atom is 0.317 e. The fourth-order valence-corrected chi connectivity index (χ4v) is 2.50. The lowest BCUT2D eigenvalue weighted by Gasteiger charge is -2.17. The van der Waals surface area contributed by atoms with Crippen LogP contribution in [0.2, 0.25) is 0 Å². The van der Waals surface area contributed by atoms with Crippen molar-refractivity contribution in [2.24, 2.45) is 0 Å². The fraction of sp³-hybridized carbons (Fsp3) is 0.562. The van der Waals surface area contributed by atoms with E-state index in [-0.39, 0.29) is 6.03 Å². The van der Waals surface area contributed by atoms with E-state index >= 15 is 0 Å². The van der Waals surface area contributed by atoms with Gasteiger partial charge in [0.25, 0.3) is 0 Å². The Morgan fingerprint density at radius 1 is 1.35 bits per heavy atom. The lowest BCUT2D eigenvalue weighted by molar-refractivity contribution is 0.206. The average Bonchev–Trinajstić information content (AvgIpc) is 2.98. The van der Waals surface area contributed by atoms with E-state index in [1.54, 1.807) is 11.9 Å². The largest absolute Gasteiger partial charge is 0.361 e.